The van der Waals surface area contributed by atoms with Gasteiger partial charge in [-0.05, 0) is 36.8 Å². The lowest BCUT2D eigenvalue weighted by Crippen LogP contribution is -2.17. The van der Waals surface area contributed by atoms with E-state index in [1.165, 1.54) is 5.56 Å². The summed E-state index contributed by atoms with van der Waals surface area (Å²) in [5.41, 5.74) is 2.36. The number of furan rings is 1. The zero-order valence-corrected chi connectivity index (χ0v) is 11.4. The predicted molar refractivity (Wildman–Crippen MR) is 77.5 cm³/mol. The van der Waals surface area contributed by atoms with Gasteiger partial charge in [-0.15, -0.1) is 0 Å². The summed E-state index contributed by atoms with van der Waals surface area (Å²) in [5, 5.41) is 3.44. The summed E-state index contributed by atoms with van der Waals surface area (Å²) >= 11 is 0. The minimum atomic E-state index is 0.207. The molecular weight excluding hydrogens is 250 g/mol. The van der Waals surface area contributed by atoms with Crippen LogP contribution >= 0.6 is 0 Å². The molecule has 0 aliphatic carbocycles. The number of nitrogens with one attached hydrogen (secondary N) is 1. The minimum absolute atomic E-state index is 0.207. The second-order valence-corrected chi connectivity index (χ2v) is 4.75. The number of aromatic nitrogens is 2. The van der Waals surface area contributed by atoms with E-state index in [4.69, 9.17) is 4.42 Å². The van der Waals surface area contributed by atoms with Gasteiger partial charge in [-0.25, -0.2) is 4.98 Å². The first-order valence-corrected chi connectivity index (χ1v) is 6.67. The van der Waals surface area contributed by atoms with E-state index >= 15 is 0 Å². The van der Waals surface area contributed by atoms with Crippen molar-refractivity contribution in [2.75, 3.05) is 0 Å². The van der Waals surface area contributed by atoms with E-state index in [2.05, 4.69) is 41.5 Å². The van der Waals surface area contributed by atoms with E-state index in [0.717, 1.165) is 18.0 Å². The first-order chi connectivity index (χ1) is 9.83. The molecule has 1 N–H and O–H groups in total. The maximum absolute atomic E-state index is 5.38. The lowest BCUT2D eigenvalue weighted by molar-refractivity contribution is 0.430. The highest BCUT2D eigenvalue weighted by molar-refractivity contribution is 5.34. The van der Waals surface area contributed by atoms with Crippen LogP contribution in [0.1, 0.15) is 24.3 Å². The SMILES string of the molecule is C[C@H](NCc1ccc(-n2ccnc2)cc1)c1ccco1. The van der Waals surface area contributed by atoms with E-state index < -0.39 is 0 Å². The molecule has 0 unspecified atom stereocenters. The minimum Gasteiger partial charge on any atom is -0.468 e. The maximum atomic E-state index is 5.38. The van der Waals surface area contributed by atoms with Crippen LogP contribution in [0.3, 0.4) is 0 Å². The molecule has 3 aromatic rings. The lowest BCUT2D eigenvalue weighted by Gasteiger charge is -2.11. The molecule has 0 spiro atoms. The van der Waals surface area contributed by atoms with E-state index in [1.807, 2.05) is 22.9 Å². The average molecular weight is 267 g/mol. The van der Waals surface area contributed by atoms with E-state index in [0.29, 0.717) is 0 Å². The highest BCUT2D eigenvalue weighted by atomic mass is 16.3. The Labute approximate surface area is 118 Å². The summed E-state index contributed by atoms with van der Waals surface area (Å²) in [6.07, 6.45) is 7.21. The fraction of sp³-hybridized carbons (Fsp3) is 0.188. The largest absolute Gasteiger partial charge is 0.468 e. The standard InChI is InChI=1S/C16H17N3O/c1-13(16-3-2-10-20-16)18-11-14-4-6-15(7-5-14)19-9-8-17-12-19/h2-10,12-13,18H,11H2,1H3/t13-/m0/s1. The molecule has 0 saturated heterocycles. The van der Waals surface area contributed by atoms with Gasteiger partial charge in [0.2, 0.25) is 0 Å². The number of hydrogen-bond donors (Lipinski definition) is 1. The molecule has 0 bridgehead atoms. The van der Waals surface area contributed by atoms with Crippen LogP contribution in [0.2, 0.25) is 0 Å². The Morgan fingerprint density at radius 3 is 2.75 bits per heavy atom. The van der Waals surface area contributed by atoms with Gasteiger partial charge in [-0.3, -0.25) is 0 Å². The monoisotopic (exact) mass is 267 g/mol. The first-order valence-electron chi connectivity index (χ1n) is 6.67. The fourth-order valence-corrected chi connectivity index (χ4v) is 2.11. The molecule has 1 atom stereocenters. The number of rotatable bonds is 5. The Morgan fingerprint density at radius 2 is 2.10 bits per heavy atom. The van der Waals surface area contributed by atoms with Crippen LogP contribution in [0.4, 0.5) is 0 Å². The third kappa shape index (κ3) is 2.81. The molecule has 0 fully saturated rings. The first kappa shape index (κ1) is 12.7. The van der Waals surface area contributed by atoms with Crippen molar-refractivity contribution in [3.8, 4) is 5.69 Å². The van der Waals surface area contributed by atoms with Crippen molar-refractivity contribution in [2.45, 2.75) is 19.5 Å². The number of nitrogens with zero attached hydrogens (tertiary/aromatic N) is 2. The maximum Gasteiger partial charge on any atom is 0.120 e. The second kappa shape index (κ2) is 5.75. The van der Waals surface area contributed by atoms with E-state index in [-0.39, 0.29) is 6.04 Å². The van der Waals surface area contributed by atoms with Crippen LogP contribution in [0.5, 0.6) is 0 Å². The molecule has 3 rings (SSSR count). The Kier molecular flexibility index (Phi) is 3.65. The average Bonchev–Trinajstić information content (AvgIpc) is 3.18. The third-order valence-electron chi connectivity index (χ3n) is 3.32. The molecule has 0 amide bonds. The van der Waals surface area contributed by atoms with Crippen LogP contribution in [-0.2, 0) is 6.54 Å². The summed E-state index contributed by atoms with van der Waals surface area (Å²) < 4.78 is 7.37. The summed E-state index contributed by atoms with van der Waals surface area (Å²) in [4.78, 5) is 4.05. The Balaban J connectivity index is 1.61. The predicted octanol–water partition coefficient (Wildman–Crippen LogP) is 3.32. The van der Waals surface area contributed by atoms with Gasteiger partial charge in [0.25, 0.3) is 0 Å². The Bertz CT molecular complexity index is 627. The van der Waals surface area contributed by atoms with Gasteiger partial charge in [0.15, 0.2) is 0 Å². The van der Waals surface area contributed by atoms with Gasteiger partial charge in [0, 0.05) is 24.6 Å². The van der Waals surface area contributed by atoms with Crippen LogP contribution in [-0.4, -0.2) is 9.55 Å². The molecule has 1 aromatic carbocycles. The number of hydrogen-bond acceptors (Lipinski definition) is 3. The molecule has 2 aromatic heterocycles. The lowest BCUT2D eigenvalue weighted by atomic mass is 10.2. The molecule has 102 valence electrons. The van der Waals surface area contributed by atoms with E-state index in [1.54, 1.807) is 18.8 Å². The molecule has 0 radical (unpaired) electrons. The van der Waals surface area contributed by atoms with Crippen molar-refractivity contribution >= 4 is 0 Å². The molecule has 2 heterocycles. The fourth-order valence-electron chi connectivity index (χ4n) is 2.11. The van der Waals surface area contributed by atoms with Crippen molar-refractivity contribution in [1.29, 1.82) is 0 Å². The van der Waals surface area contributed by atoms with Gasteiger partial charge >= 0.3 is 0 Å². The number of benzene rings is 1. The Morgan fingerprint density at radius 1 is 1.25 bits per heavy atom. The second-order valence-electron chi connectivity index (χ2n) is 4.75. The van der Waals surface area contributed by atoms with Crippen molar-refractivity contribution in [3.63, 3.8) is 0 Å². The van der Waals surface area contributed by atoms with Crippen molar-refractivity contribution < 1.29 is 4.42 Å². The molecule has 0 aliphatic heterocycles. The van der Waals surface area contributed by atoms with Gasteiger partial charge in [-0.1, -0.05) is 12.1 Å². The zero-order valence-electron chi connectivity index (χ0n) is 11.4. The van der Waals surface area contributed by atoms with Crippen molar-refractivity contribution in [2.24, 2.45) is 0 Å². The van der Waals surface area contributed by atoms with Gasteiger partial charge < -0.3 is 14.3 Å². The van der Waals surface area contributed by atoms with Gasteiger partial charge in [0.1, 0.15) is 5.76 Å². The van der Waals surface area contributed by atoms with E-state index in [9.17, 15) is 0 Å². The smallest absolute Gasteiger partial charge is 0.120 e. The van der Waals surface area contributed by atoms with Crippen molar-refractivity contribution in [3.05, 3.63) is 72.7 Å². The molecule has 4 heteroatoms. The zero-order chi connectivity index (χ0) is 13.8. The van der Waals surface area contributed by atoms with Crippen LogP contribution in [0, 0.1) is 0 Å². The van der Waals surface area contributed by atoms with Gasteiger partial charge in [0.05, 0.1) is 18.6 Å². The molecule has 20 heavy (non-hydrogen) atoms. The highest BCUT2D eigenvalue weighted by Crippen LogP contribution is 2.14. The normalized spacial score (nSPS) is 12.4. The molecule has 0 aliphatic rings. The molecule has 0 saturated carbocycles. The Hall–Kier alpha value is -2.33. The third-order valence-corrected chi connectivity index (χ3v) is 3.32. The molecule has 4 nitrogen and oxygen atoms in total. The van der Waals surface area contributed by atoms with Crippen LogP contribution in [0.25, 0.3) is 5.69 Å². The van der Waals surface area contributed by atoms with Crippen LogP contribution < -0.4 is 5.32 Å². The quantitative estimate of drug-likeness (QED) is 0.771. The van der Waals surface area contributed by atoms with Crippen LogP contribution in [0.15, 0.2) is 65.8 Å². The van der Waals surface area contributed by atoms with Crippen molar-refractivity contribution in [1.82, 2.24) is 14.9 Å². The van der Waals surface area contributed by atoms with Gasteiger partial charge in [-0.2, -0.15) is 0 Å². The summed E-state index contributed by atoms with van der Waals surface area (Å²) in [6, 6.07) is 12.5. The summed E-state index contributed by atoms with van der Waals surface area (Å²) in [5.74, 6) is 0.958. The highest BCUT2D eigenvalue weighted by Gasteiger charge is 2.07. The topological polar surface area (TPSA) is 43.0 Å². The summed E-state index contributed by atoms with van der Waals surface area (Å²) in [6.45, 7) is 2.91. The summed E-state index contributed by atoms with van der Waals surface area (Å²) in [7, 11) is 0. The number of imidazole rings is 1. The molecular formula is C16H17N3O.